The van der Waals surface area contributed by atoms with E-state index >= 15 is 0 Å². The molecule has 2 heterocycles. The maximum atomic E-state index is 12.8. The average Bonchev–Trinajstić information content (AvgIpc) is 3.20. The van der Waals surface area contributed by atoms with Crippen LogP contribution in [0.15, 0.2) is 47.5 Å². The zero-order chi connectivity index (χ0) is 24.9. The third kappa shape index (κ3) is 3.99. The number of cyclic esters (lactones) is 1. The third-order valence-corrected chi connectivity index (χ3v) is 6.61. The van der Waals surface area contributed by atoms with Crippen LogP contribution in [0.25, 0.3) is 10.8 Å². The van der Waals surface area contributed by atoms with Crippen LogP contribution in [0.5, 0.6) is 23.0 Å². The van der Waals surface area contributed by atoms with E-state index in [9.17, 15) is 19.1 Å². The predicted octanol–water partition coefficient (Wildman–Crippen LogP) is 3.73. The molecule has 11 heteroatoms. The highest BCUT2D eigenvalue weighted by molar-refractivity contribution is 7.46. The number of rotatable bonds is 6. The maximum Gasteiger partial charge on any atom is 0.524 e. The molecule has 3 aromatic rings. The van der Waals surface area contributed by atoms with E-state index in [0.29, 0.717) is 34.0 Å². The van der Waals surface area contributed by atoms with Crippen molar-refractivity contribution in [2.24, 2.45) is 10.9 Å². The van der Waals surface area contributed by atoms with Crippen molar-refractivity contribution in [2.75, 3.05) is 27.9 Å². The van der Waals surface area contributed by atoms with E-state index in [4.69, 9.17) is 28.5 Å². The number of fused-ring (bicyclic) bond motifs is 4. The second-order valence-corrected chi connectivity index (χ2v) is 9.26. The number of carbonyl (C=O) groups is 1. The number of hydrogen-bond acceptors (Lipinski definition) is 8. The van der Waals surface area contributed by atoms with Crippen molar-refractivity contribution < 1.29 is 42.6 Å². The van der Waals surface area contributed by atoms with Gasteiger partial charge in [0.05, 0.1) is 32.7 Å². The predicted molar refractivity (Wildman–Crippen MR) is 126 cm³/mol. The van der Waals surface area contributed by atoms with Gasteiger partial charge in [-0.2, -0.15) is 0 Å². The topological polar surface area (TPSA) is 133 Å². The molecular weight excluding hydrogens is 477 g/mol. The number of esters is 1. The van der Waals surface area contributed by atoms with Gasteiger partial charge in [0.15, 0.2) is 11.5 Å². The van der Waals surface area contributed by atoms with Crippen molar-refractivity contribution in [3.8, 4) is 23.0 Å². The first-order chi connectivity index (χ1) is 16.7. The Balaban J connectivity index is 1.75. The summed E-state index contributed by atoms with van der Waals surface area (Å²) in [4.78, 5) is 36.0. The second kappa shape index (κ2) is 8.57. The molecular formula is C24H22NO9P. The first-order valence-electron chi connectivity index (χ1n) is 10.6. The normalized spacial score (nSPS) is 18.9. The van der Waals surface area contributed by atoms with Gasteiger partial charge in [-0.05, 0) is 40.8 Å². The fourth-order valence-corrected chi connectivity index (χ4v) is 5.12. The van der Waals surface area contributed by atoms with Gasteiger partial charge in [0.25, 0.3) is 0 Å². The van der Waals surface area contributed by atoms with E-state index in [1.54, 1.807) is 18.2 Å². The highest BCUT2D eigenvalue weighted by Gasteiger charge is 2.45. The standard InChI is InChI=1S/C24H22NO9P/c1-30-18-8-13(9-19(31-2)23(18)32-3)20-15-7-5-12-4-6-14(34-35(27,28)29)10-16(12)22(15)25-17-11-33-24(26)21(17)20/h4-10,20-21H,11H2,1-3H3,(H2,27,28,29). The molecule has 2 unspecified atom stereocenters. The van der Waals surface area contributed by atoms with Crippen molar-refractivity contribution in [3.05, 3.63) is 53.6 Å². The first kappa shape index (κ1) is 23.2. The lowest BCUT2D eigenvalue weighted by atomic mass is 9.75. The Labute approximate surface area is 200 Å². The van der Waals surface area contributed by atoms with Gasteiger partial charge in [-0.15, -0.1) is 0 Å². The van der Waals surface area contributed by atoms with Crippen molar-refractivity contribution in [1.82, 2.24) is 0 Å². The van der Waals surface area contributed by atoms with Gasteiger partial charge < -0.3 is 23.5 Å². The van der Waals surface area contributed by atoms with Crippen LogP contribution in [0.2, 0.25) is 0 Å². The molecule has 0 aromatic heterocycles. The van der Waals surface area contributed by atoms with Gasteiger partial charge in [0.1, 0.15) is 18.3 Å². The molecule has 1 fully saturated rings. The van der Waals surface area contributed by atoms with Gasteiger partial charge in [-0.25, -0.2) is 4.57 Å². The smallest absolute Gasteiger partial charge is 0.493 e. The van der Waals surface area contributed by atoms with Crippen molar-refractivity contribution in [3.63, 3.8) is 0 Å². The Morgan fingerprint density at radius 1 is 0.971 bits per heavy atom. The Bertz CT molecular complexity index is 1400. The minimum atomic E-state index is -4.75. The lowest BCUT2D eigenvalue weighted by Gasteiger charge is -2.29. The number of aliphatic imine (C=N–C) groups is 1. The molecule has 0 saturated carbocycles. The van der Waals surface area contributed by atoms with E-state index in [0.717, 1.165) is 16.5 Å². The van der Waals surface area contributed by atoms with Crippen molar-refractivity contribution >= 4 is 36.0 Å². The fourth-order valence-electron chi connectivity index (χ4n) is 4.74. The summed E-state index contributed by atoms with van der Waals surface area (Å²) in [6.45, 7) is 0.0545. The summed E-state index contributed by atoms with van der Waals surface area (Å²) in [6, 6.07) is 12.0. The molecule has 2 aliphatic rings. The zero-order valence-electron chi connectivity index (χ0n) is 19.0. The monoisotopic (exact) mass is 499 g/mol. The number of benzene rings is 3. The molecule has 2 aliphatic heterocycles. The summed E-state index contributed by atoms with van der Waals surface area (Å²) in [5.41, 5.74) is 2.61. The van der Waals surface area contributed by atoms with Crippen LogP contribution < -0.4 is 18.7 Å². The highest BCUT2D eigenvalue weighted by Crippen LogP contribution is 2.51. The van der Waals surface area contributed by atoms with E-state index < -0.39 is 19.7 Å². The molecule has 2 N–H and O–H groups in total. The summed E-state index contributed by atoms with van der Waals surface area (Å²) < 4.78 is 38.0. The molecule has 0 radical (unpaired) electrons. The number of ether oxygens (including phenoxy) is 4. The van der Waals surface area contributed by atoms with Crippen LogP contribution in [0.1, 0.15) is 17.0 Å². The highest BCUT2D eigenvalue weighted by atomic mass is 31.2. The van der Waals surface area contributed by atoms with Crippen LogP contribution >= 0.6 is 7.82 Å². The lowest BCUT2D eigenvalue weighted by Crippen LogP contribution is -2.28. The summed E-state index contributed by atoms with van der Waals surface area (Å²) >= 11 is 0. The number of phosphoric ester groups is 1. The molecule has 2 atom stereocenters. The largest absolute Gasteiger partial charge is 0.524 e. The summed E-state index contributed by atoms with van der Waals surface area (Å²) in [6.07, 6.45) is 0. The van der Waals surface area contributed by atoms with Crippen LogP contribution in [0.4, 0.5) is 5.69 Å². The Morgan fingerprint density at radius 2 is 1.66 bits per heavy atom. The molecule has 0 spiro atoms. The molecule has 0 bridgehead atoms. The molecule has 0 aliphatic carbocycles. The second-order valence-electron chi connectivity index (χ2n) is 8.09. The lowest BCUT2D eigenvalue weighted by molar-refractivity contribution is -0.141. The number of carbonyl (C=O) groups excluding carboxylic acids is 1. The zero-order valence-corrected chi connectivity index (χ0v) is 19.9. The summed E-state index contributed by atoms with van der Waals surface area (Å²) in [5, 5.41) is 1.41. The molecule has 10 nitrogen and oxygen atoms in total. The molecule has 1 saturated heterocycles. The van der Waals surface area contributed by atoms with Gasteiger partial charge in [0.2, 0.25) is 5.75 Å². The summed E-state index contributed by atoms with van der Waals surface area (Å²) in [5.74, 6) is -0.185. The van der Waals surface area contributed by atoms with E-state index in [1.807, 2.05) is 12.1 Å². The van der Waals surface area contributed by atoms with Gasteiger partial charge in [-0.1, -0.05) is 18.2 Å². The maximum absolute atomic E-state index is 12.8. The van der Waals surface area contributed by atoms with E-state index in [2.05, 4.69) is 0 Å². The summed E-state index contributed by atoms with van der Waals surface area (Å²) in [7, 11) is -0.201. The molecule has 182 valence electrons. The van der Waals surface area contributed by atoms with Crippen LogP contribution in [0.3, 0.4) is 0 Å². The van der Waals surface area contributed by atoms with Gasteiger partial charge in [0, 0.05) is 11.3 Å². The average molecular weight is 499 g/mol. The molecule has 35 heavy (non-hydrogen) atoms. The molecule has 5 rings (SSSR count). The van der Waals surface area contributed by atoms with Crippen molar-refractivity contribution in [2.45, 2.75) is 5.92 Å². The SMILES string of the molecule is COc1cc(C2c3ccc4ccc(OP(=O)(O)O)cc4c3N=C3COC(=O)C32)cc(OC)c1OC. The van der Waals surface area contributed by atoms with E-state index in [-0.39, 0.29) is 18.3 Å². The van der Waals surface area contributed by atoms with Crippen molar-refractivity contribution in [1.29, 1.82) is 0 Å². The number of nitrogens with zero attached hydrogens (tertiary/aromatic N) is 1. The number of methoxy groups -OCH3 is 3. The Hall–Kier alpha value is -3.59. The quantitative estimate of drug-likeness (QED) is 0.384. The Morgan fingerprint density at radius 3 is 2.29 bits per heavy atom. The van der Waals surface area contributed by atoms with Gasteiger partial charge >= 0.3 is 13.8 Å². The van der Waals surface area contributed by atoms with Crippen LogP contribution in [0, 0.1) is 5.92 Å². The first-order valence-corrected chi connectivity index (χ1v) is 12.1. The number of hydrogen-bond donors (Lipinski definition) is 2. The van der Waals surface area contributed by atoms with Crippen LogP contribution in [-0.4, -0.2) is 49.4 Å². The molecule has 3 aromatic carbocycles. The van der Waals surface area contributed by atoms with E-state index in [1.165, 1.54) is 33.5 Å². The minimum absolute atomic E-state index is 0.00430. The third-order valence-electron chi connectivity index (χ3n) is 6.17. The minimum Gasteiger partial charge on any atom is -0.493 e. The molecule has 0 amide bonds. The van der Waals surface area contributed by atoms with Crippen LogP contribution in [-0.2, 0) is 14.1 Å². The number of phosphoric acid groups is 1. The van der Waals surface area contributed by atoms with Gasteiger partial charge in [-0.3, -0.25) is 19.6 Å². The fraction of sp³-hybridized carbons (Fsp3) is 0.250. The Kier molecular flexibility index (Phi) is 5.67.